The summed E-state index contributed by atoms with van der Waals surface area (Å²) in [5.41, 5.74) is 1.17. The van der Waals surface area contributed by atoms with E-state index in [2.05, 4.69) is 11.8 Å². The van der Waals surface area contributed by atoms with Crippen LogP contribution in [0, 0.1) is 0 Å². The van der Waals surface area contributed by atoms with Crippen LogP contribution in [0.15, 0.2) is 29.2 Å². The predicted molar refractivity (Wildman–Crippen MR) is 140 cm³/mol. The molecule has 2 rings (SSSR count). The minimum atomic E-state index is -3.64. The van der Waals surface area contributed by atoms with Gasteiger partial charge in [-0.15, -0.1) is 0 Å². The second-order valence-corrected chi connectivity index (χ2v) is 11.8. The minimum absolute atomic E-state index is 0.00353. The molecular formula is C25H42N2O5S2. The molecule has 1 aliphatic rings. The molecular weight excluding hydrogens is 472 g/mol. The zero-order valence-electron chi connectivity index (χ0n) is 21.4. The van der Waals surface area contributed by atoms with Crippen molar-refractivity contribution >= 4 is 32.7 Å². The Hall–Kier alpha value is -1.26. The number of nitrogens with zero attached hydrogens (tertiary/aromatic N) is 2. The number of ketones is 1. The monoisotopic (exact) mass is 514 g/mol. The lowest BCUT2D eigenvalue weighted by molar-refractivity contribution is -0.115. The maximum absolute atomic E-state index is 13.5. The molecule has 0 saturated carbocycles. The van der Waals surface area contributed by atoms with E-state index in [1.54, 1.807) is 16.4 Å². The van der Waals surface area contributed by atoms with Gasteiger partial charge in [0.05, 0.1) is 18.1 Å². The lowest BCUT2D eigenvalue weighted by atomic mass is 10.1. The molecule has 34 heavy (non-hydrogen) atoms. The molecule has 0 bridgehead atoms. The summed E-state index contributed by atoms with van der Waals surface area (Å²) in [4.78, 5) is 23.4. The van der Waals surface area contributed by atoms with Crippen molar-refractivity contribution in [3.05, 3.63) is 29.8 Å². The highest BCUT2D eigenvalue weighted by molar-refractivity contribution is 8.13. The van der Waals surface area contributed by atoms with Crippen molar-refractivity contribution in [2.45, 2.75) is 71.2 Å². The van der Waals surface area contributed by atoms with Crippen LogP contribution in [0.2, 0.25) is 0 Å². The van der Waals surface area contributed by atoms with Crippen molar-refractivity contribution in [3.63, 3.8) is 0 Å². The molecule has 0 radical (unpaired) electrons. The highest BCUT2D eigenvalue weighted by Gasteiger charge is 2.30. The van der Waals surface area contributed by atoms with E-state index in [1.165, 1.54) is 50.9 Å². The molecule has 0 unspecified atom stereocenters. The third-order valence-corrected chi connectivity index (χ3v) is 8.44. The molecule has 1 aliphatic heterocycles. The second-order valence-electron chi connectivity index (χ2n) is 8.73. The third-order valence-electron chi connectivity index (χ3n) is 5.36. The number of carbonyl (C=O) groups is 2. The highest BCUT2D eigenvalue weighted by atomic mass is 32.2. The fraction of sp³-hybridized carbons (Fsp3) is 0.680. The van der Waals surface area contributed by atoms with E-state index in [-0.39, 0.29) is 16.9 Å². The van der Waals surface area contributed by atoms with E-state index in [4.69, 9.17) is 4.74 Å². The average molecular weight is 515 g/mol. The standard InChI is InChI=1S/C22H36N2O4S2.C3H6O/c1-4-5-6-7-21-8-10-22(11-9-21)30(26,27)24(19(2)18-29-20(3)25)13-12-23-14-16-28-17-15-23;1-3(2)4/h8-11,19H,4-7,12-18H2,1-3H3;1-2H3/t19-;/m0./s1. The number of sulfonamides is 1. The van der Waals surface area contributed by atoms with Gasteiger partial charge in [0.1, 0.15) is 5.78 Å². The van der Waals surface area contributed by atoms with E-state index in [9.17, 15) is 18.0 Å². The summed E-state index contributed by atoms with van der Waals surface area (Å²) >= 11 is 1.18. The van der Waals surface area contributed by atoms with Gasteiger partial charge in [-0.25, -0.2) is 8.42 Å². The summed E-state index contributed by atoms with van der Waals surface area (Å²) in [6.07, 6.45) is 4.44. The largest absolute Gasteiger partial charge is 0.379 e. The van der Waals surface area contributed by atoms with Crippen LogP contribution < -0.4 is 0 Å². The van der Waals surface area contributed by atoms with E-state index in [0.717, 1.165) is 25.9 Å². The first-order valence-corrected chi connectivity index (χ1v) is 14.5. The van der Waals surface area contributed by atoms with Crippen molar-refractivity contribution in [2.24, 2.45) is 0 Å². The molecule has 1 aromatic rings. The molecule has 0 spiro atoms. The summed E-state index contributed by atoms with van der Waals surface area (Å²) in [6, 6.07) is 7.04. The molecule has 9 heteroatoms. The third kappa shape index (κ3) is 11.9. The lowest BCUT2D eigenvalue weighted by Crippen LogP contribution is -2.46. The van der Waals surface area contributed by atoms with Crippen LogP contribution >= 0.6 is 11.8 Å². The van der Waals surface area contributed by atoms with Crippen molar-refractivity contribution in [3.8, 4) is 0 Å². The van der Waals surface area contributed by atoms with Gasteiger partial charge in [0.15, 0.2) is 5.12 Å². The number of unbranched alkanes of at least 4 members (excludes halogenated alkanes) is 2. The fourth-order valence-corrected chi connectivity index (χ4v) is 5.88. The molecule has 0 aromatic heterocycles. The molecule has 0 aliphatic carbocycles. The number of rotatable bonds is 12. The zero-order valence-corrected chi connectivity index (χ0v) is 23.1. The van der Waals surface area contributed by atoms with E-state index in [0.29, 0.717) is 37.0 Å². The first-order valence-electron chi connectivity index (χ1n) is 12.1. The van der Waals surface area contributed by atoms with E-state index >= 15 is 0 Å². The van der Waals surface area contributed by atoms with Gasteiger partial charge < -0.3 is 9.53 Å². The number of aryl methyl sites for hydroxylation is 1. The Morgan fingerprint density at radius 3 is 2.21 bits per heavy atom. The molecule has 0 amide bonds. The SMILES string of the molecule is CC(C)=O.CCCCCc1ccc(S(=O)(=O)N(CCN2CCOCC2)[C@@H](C)CSC(C)=O)cc1. The van der Waals surface area contributed by atoms with Crippen molar-refractivity contribution in [1.82, 2.24) is 9.21 Å². The lowest BCUT2D eigenvalue weighted by Gasteiger charge is -2.32. The molecule has 1 heterocycles. The summed E-state index contributed by atoms with van der Waals surface area (Å²) in [6.45, 7) is 12.7. The number of Topliss-reactive ketones (excluding diaryl/α,β-unsaturated/α-hetero) is 1. The normalized spacial score (nSPS) is 15.5. The number of benzene rings is 1. The molecule has 1 aromatic carbocycles. The van der Waals surface area contributed by atoms with E-state index in [1.807, 2.05) is 19.1 Å². The van der Waals surface area contributed by atoms with Crippen LogP contribution in [-0.2, 0) is 30.8 Å². The first kappa shape index (κ1) is 30.8. The van der Waals surface area contributed by atoms with Gasteiger partial charge in [-0.2, -0.15) is 4.31 Å². The number of hydrogen-bond acceptors (Lipinski definition) is 7. The molecule has 0 N–H and O–H groups in total. The topological polar surface area (TPSA) is 84.0 Å². The maximum atomic E-state index is 13.5. The number of thioether (sulfide) groups is 1. The Labute approximate surface area is 210 Å². The van der Waals surface area contributed by atoms with Crippen LogP contribution in [-0.4, -0.2) is 79.7 Å². The van der Waals surface area contributed by atoms with Crippen LogP contribution in [0.4, 0.5) is 0 Å². The van der Waals surface area contributed by atoms with E-state index < -0.39 is 10.0 Å². The van der Waals surface area contributed by atoms with Gasteiger partial charge in [-0.1, -0.05) is 43.7 Å². The minimum Gasteiger partial charge on any atom is -0.379 e. The molecule has 7 nitrogen and oxygen atoms in total. The smallest absolute Gasteiger partial charge is 0.243 e. The van der Waals surface area contributed by atoms with Gasteiger partial charge in [-0.05, 0) is 51.3 Å². The highest BCUT2D eigenvalue weighted by Crippen LogP contribution is 2.22. The van der Waals surface area contributed by atoms with Crippen molar-refractivity contribution < 1.29 is 22.7 Å². The molecule has 1 fully saturated rings. The molecule has 194 valence electrons. The van der Waals surface area contributed by atoms with Gasteiger partial charge in [-0.3, -0.25) is 9.69 Å². The van der Waals surface area contributed by atoms with Gasteiger partial charge >= 0.3 is 0 Å². The van der Waals surface area contributed by atoms with Crippen LogP contribution in [0.5, 0.6) is 0 Å². The van der Waals surface area contributed by atoms with Gasteiger partial charge in [0, 0.05) is 44.9 Å². The van der Waals surface area contributed by atoms with Crippen molar-refractivity contribution in [1.29, 1.82) is 0 Å². The Bertz CT molecular complexity index is 833. The van der Waals surface area contributed by atoms with Crippen LogP contribution in [0.25, 0.3) is 0 Å². The number of carbonyl (C=O) groups excluding carboxylic acids is 2. The Kier molecular flexibility index (Phi) is 14.9. The molecule has 1 atom stereocenters. The Morgan fingerprint density at radius 1 is 1.09 bits per heavy atom. The van der Waals surface area contributed by atoms with Crippen molar-refractivity contribution in [2.75, 3.05) is 45.1 Å². The summed E-state index contributed by atoms with van der Waals surface area (Å²) < 4.78 is 33.9. The van der Waals surface area contributed by atoms with Gasteiger partial charge in [0.2, 0.25) is 10.0 Å². The maximum Gasteiger partial charge on any atom is 0.243 e. The quantitative estimate of drug-likeness (QED) is 0.390. The predicted octanol–water partition coefficient (Wildman–Crippen LogP) is 4.01. The van der Waals surface area contributed by atoms with Crippen LogP contribution in [0.1, 0.15) is 59.4 Å². The average Bonchev–Trinajstić information content (AvgIpc) is 2.78. The zero-order chi connectivity index (χ0) is 25.6. The number of hydrogen-bond donors (Lipinski definition) is 0. The number of morpholine rings is 1. The fourth-order valence-electron chi connectivity index (χ4n) is 3.51. The Morgan fingerprint density at radius 2 is 1.68 bits per heavy atom. The van der Waals surface area contributed by atoms with Crippen LogP contribution in [0.3, 0.4) is 0 Å². The van der Waals surface area contributed by atoms with Gasteiger partial charge in [0.25, 0.3) is 0 Å². The summed E-state index contributed by atoms with van der Waals surface area (Å²) in [7, 11) is -3.64. The summed E-state index contributed by atoms with van der Waals surface area (Å²) in [5, 5.41) is 0.00353. The first-order chi connectivity index (χ1) is 16.1. The Balaban J connectivity index is 0.00000133. The number of ether oxygens (including phenoxy) is 1. The molecule has 1 saturated heterocycles. The second kappa shape index (κ2) is 16.4. The summed E-state index contributed by atoms with van der Waals surface area (Å²) in [5.74, 6) is 0.618.